The maximum absolute atomic E-state index is 10.5. The lowest BCUT2D eigenvalue weighted by molar-refractivity contribution is -0.136. The Morgan fingerprint density at radius 1 is 0.933 bits per heavy atom. The van der Waals surface area contributed by atoms with E-state index in [9.17, 15) is 4.79 Å². The van der Waals surface area contributed by atoms with Crippen LogP contribution in [0.1, 0.15) is 30.0 Å². The van der Waals surface area contributed by atoms with E-state index in [4.69, 9.17) is 9.94 Å². The van der Waals surface area contributed by atoms with Crippen molar-refractivity contribution in [2.75, 3.05) is 6.54 Å². The number of nitrogens with zero attached hydrogens (tertiary/aromatic N) is 1. The Bertz CT molecular complexity index is 983. The molecule has 0 amide bonds. The van der Waals surface area contributed by atoms with Crippen molar-refractivity contribution in [2.24, 2.45) is 5.16 Å². The zero-order valence-electron chi connectivity index (χ0n) is 17.0. The minimum absolute atomic E-state index is 0.120. The van der Waals surface area contributed by atoms with Crippen molar-refractivity contribution in [1.82, 2.24) is 5.32 Å². The molecule has 0 aliphatic carbocycles. The number of aliphatic carboxylic acids is 1. The Morgan fingerprint density at radius 2 is 1.67 bits per heavy atom. The van der Waals surface area contributed by atoms with Crippen molar-refractivity contribution in [1.29, 1.82) is 0 Å². The van der Waals surface area contributed by atoms with Crippen molar-refractivity contribution < 1.29 is 14.7 Å². The second-order valence-electron chi connectivity index (χ2n) is 7.03. The van der Waals surface area contributed by atoms with Crippen molar-refractivity contribution in [2.45, 2.75) is 26.5 Å². The van der Waals surface area contributed by atoms with Crippen LogP contribution < -0.4 is 5.32 Å². The Labute approximate surface area is 177 Å². The molecule has 0 heterocycles. The first-order chi connectivity index (χ1) is 14.6. The summed E-state index contributed by atoms with van der Waals surface area (Å²) in [5, 5.41) is 16.0. The summed E-state index contributed by atoms with van der Waals surface area (Å²) in [4.78, 5) is 16.1. The minimum atomic E-state index is -0.795. The molecule has 154 valence electrons. The minimum Gasteiger partial charge on any atom is -0.481 e. The molecule has 30 heavy (non-hydrogen) atoms. The lowest BCUT2D eigenvalue weighted by atomic mass is 10.0. The molecular weight excluding hydrogens is 376 g/mol. The van der Waals surface area contributed by atoms with E-state index in [0.29, 0.717) is 19.7 Å². The zero-order chi connectivity index (χ0) is 21.2. The average Bonchev–Trinajstić information content (AvgIpc) is 2.78. The largest absolute Gasteiger partial charge is 0.481 e. The van der Waals surface area contributed by atoms with Crippen molar-refractivity contribution in [3.63, 3.8) is 0 Å². The lowest BCUT2D eigenvalue weighted by Crippen LogP contribution is -2.17. The van der Waals surface area contributed by atoms with Crippen molar-refractivity contribution >= 4 is 11.7 Å². The molecule has 0 aliphatic rings. The molecule has 3 aromatic rings. The van der Waals surface area contributed by atoms with Crippen LogP contribution in [0.2, 0.25) is 0 Å². The van der Waals surface area contributed by atoms with Gasteiger partial charge >= 0.3 is 5.97 Å². The van der Waals surface area contributed by atoms with Gasteiger partial charge in [0.05, 0.1) is 12.1 Å². The van der Waals surface area contributed by atoms with E-state index in [1.165, 1.54) is 5.56 Å². The van der Waals surface area contributed by atoms with Crippen LogP contribution in [0, 0.1) is 0 Å². The Hall–Kier alpha value is -3.44. The first-order valence-corrected chi connectivity index (χ1v) is 9.94. The highest BCUT2D eigenvalue weighted by molar-refractivity contribution is 5.98. The molecule has 0 aliphatic heterocycles. The van der Waals surface area contributed by atoms with E-state index >= 15 is 0 Å². The van der Waals surface area contributed by atoms with E-state index in [1.807, 2.05) is 61.5 Å². The van der Waals surface area contributed by atoms with Crippen LogP contribution in [0.25, 0.3) is 11.1 Å². The van der Waals surface area contributed by atoms with Gasteiger partial charge in [-0.25, -0.2) is 0 Å². The summed E-state index contributed by atoms with van der Waals surface area (Å²) in [7, 11) is 0. The SMILES string of the molecule is C/C(=N\OCc1cccc(-c2ccccc2)c1)c1ccc(CNCCC(=O)O)cc1. The predicted molar refractivity (Wildman–Crippen MR) is 119 cm³/mol. The molecule has 0 aromatic heterocycles. The molecule has 0 saturated heterocycles. The van der Waals surface area contributed by atoms with Crippen molar-refractivity contribution in [3.8, 4) is 11.1 Å². The van der Waals surface area contributed by atoms with Crippen LogP contribution in [0.5, 0.6) is 0 Å². The highest BCUT2D eigenvalue weighted by atomic mass is 16.6. The maximum Gasteiger partial charge on any atom is 0.304 e. The second kappa shape index (κ2) is 10.9. The number of carboxylic acids is 1. The summed E-state index contributed by atoms with van der Waals surface area (Å²) in [5.41, 5.74) is 6.29. The molecule has 3 rings (SSSR count). The van der Waals surface area contributed by atoms with Crippen molar-refractivity contribution in [3.05, 3.63) is 95.6 Å². The molecule has 0 atom stereocenters. The summed E-state index contributed by atoms with van der Waals surface area (Å²) in [6, 6.07) is 26.5. The molecular formula is C25H26N2O3. The van der Waals surface area contributed by atoms with Gasteiger partial charge in [-0.2, -0.15) is 0 Å². The fourth-order valence-corrected chi connectivity index (χ4v) is 3.02. The quantitative estimate of drug-likeness (QED) is 0.289. The number of hydrogen-bond donors (Lipinski definition) is 2. The number of oxime groups is 1. The summed E-state index contributed by atoms with van der Waals surface area (Å²) in [5.74, 6) is -0.795. The Morgan fingerprint density at radius 3 is 2.40 bits per heavy atom. The molecule has 5 heteroatoms. The van der Waals surface area contributed by atoms with Gasteiger partial charge in [-0.15, -0.1) is 0 Å². The maximum atomic E-state index is 10.5. The molecule has 0 bridgehead atoms. The summed E-state index contributed by atoms with van der Waals surface area (Å²) < 4.78 is 0. The number of hydrogen-bond acceptors (Lipinski definition) is 4. The van der Waals surface area contributed by atoms with Crippen LogP contribution in [0.3, 0.4) is 0 Å². The second-order valence-corrected chi connectivity index (χ2v) is 7.03. The van der Waals surface area contributed by atoms with E-state index in [1.54, 1.807) is 0 Å². The molecule has 0 fully saturated rings. The number of rotatable bonds is 10. The van der Waals surface area contributed by atoms with Gasteiger partial charge in [0, 0.05) is 13.1 Å². The summed E-state index contributed by atoms with van der Waals surface area (Å²) in [6.45, 7) is 3.42. The number of carboxylic acid groups (broad SMARTS) is 1. The normalized spacial score (nSPS) is 11.3. The van der Waals surface area contributed by atoms with Gasteiger partial charge < -0.3 is 15.3 Å². The predicted octanol–water partition coefficient (Wildman–Crippen LogP) is 4.86. The molecule has 0 radical (unpaired) electrons. The first kappa shape index (κ1) is 21.3. The monoisotopic (exact) mass is 402 g/mol. The third-order valence-corrected chi connectivity index (χ3v) is 4.68. The Balaban J connectivity index is 1.52. The number of benzene rings is 3. The van der Waals surface area contributed by atoms with Crippen LogP contribution in [0.4, 0.5) is 0 Å². The van der Waals surface area contributed by atoms with Gasteiger partial charge in [0.15, 0.2) is 0 Å². The molecule has 0 spiro atoms. The molecule has 0 unspecified atom stereocenters. The van der Waals surface area contributed by atoms with Crippen LogP contribution in [0.15, 0.2) is 84.0 Å². The fourth-order valence-electron chi connectivity index (χ4n) is 3.02. The topological polar surface area (TPSA) is 70.9 Å². The van der Waals surface area contributed by atoms with Gasteiger partial charge in [0.1, 0.15) is 6.61 Å². The molecule has 2 N–H and O–H groups in total. The molecule has 0 saturated carbocycles. The fraction of sp³-hybridized carbons (Fsp3) is 0.200. The highest BCUT2D eigenvalue weighted by Crippen LogP contribution is 2.20. The van der Waals surface area contributed by atoms with Gasteiger partial charge in [-0.05, 0) is 40.8 Å². The van der Waals surface area contributed by atoms with E-state index in [0.717, 1.165) is 28.0 Å². The van der Waals surface area contributed by atoms with Gasteiger partial charge in [0.25, 0.3) is 0 Å². The van der Waals surface area contributed by atoms with Crippen LogP contribution >= 0.6 is 0 Å². The number of carbonyl (C=O) groups is 1. The average molecular weight is 402 g/mol. The third kappa shape index (κ3) is 6.57. The standard InChI is InChI=1S/C25H26N2O3/c1-19(22-12-10-20(11-13-22)17-26-15-14-25(28)29)27-30-18-21-6-5-9-24(16-21)23-7-3-2-4-8-23/h2-13,16,26H,14-15,17-18H2,1H3,(H,28,29)/b27-19+. The zero-order valence-corrected chi connectivity index (χ0v) is 17.0. The third-order valence-electron chi connectivity index (χ3n) is 4.68. The van der Waals surface area contributed by atoms with E-state index < -0.39 is 5.97 Å². The van der Waals surface area contributed by atoms with Gasteiger partial charge in [-0.3, -0.25) is 4.79 Å². The summed E-state index contributed by atoms with van der Waals surface area (Å²) in [6.07, 6.45) is 0.120. The molecule has 5 nitrogen and oxygen atoms in total. The van der Waals surface area contributed by atoms with Crippen LogP contribution in [-0.4, -0.2) is 23.3 Å². The van der Waals surface area contributed by atoms with Gasteiger partial charge in [-0.1, -0.05) is 78.0 Å². The van der Waals surface area contributed by atoms with E-state index in [2.05, 4.69) is 34.7 Å². The Kier molecular flexibility index (Phi) is 7.75. The molecule has 3 aromatic carbocycles. The first-order valence-electron chi connectivity index (χ1n) is 9.94. The van der Waals surface area contributed by atoms with Gasteiger partial charge in [0.2, 0.25) is 0 Å². The van der Waals surface area contributed by atoms with Crippen LogP contribution in [-0.2, 0) is 22.8 Å². The summed E-state index contributed by atoms with van der Waals surface area (Å²) >= 11 is 0. The highest BCUT2D eigenvalue weighted by Gasteiger charge is 2.02. The lowest BCUT2D eigenvalue weighted by Gasteiger charge is -2.07. The van der Waals surface area contributed by atoms with E-state index in [-0.39, 0.29) is 6.42 Å². The number of nitrogens with one attached hydrogen (secondary N) is 1. The smallest absolute Gasteiger partial charge is 0.304 e.